The highest BCUT2D eigenvalue weighted by atomic mass is 16.4. The van der Waals surface area contributed by atoms with Gasteiger partial charge in [0.05, 0.1) is 16.8 Å². The van der Waals surface area contributed by atoms with Crippen molar-refractivity contribution in [2.75, 3.05) is 0 Å². The average molecular weight is 369 g/mol. The third-order valence-corrected chi connectivity index (χ3v) is 4.37. The lowest BCUT2D eigenvalue weighted by molar-refractivity contribution is -0.142. The maximum Gasteiger partial charge on any atom is 0.331 e. The molecule has 3 N–H and O–H groups in total. The standard InChI is InChI=1S/C18H19N5O4/c1-9-12-6-4-5-7-13(12)17(25)23(22-9)8-14(24)19-16(18(26)27)15-10(2)20-21-11(15)3/h4-7,16H,8H2,1-3H3,(H,19,24)(H,20,21)(H,26,27). The minimum atomic E-state index is -1.27. The van der Waals surface area contributed by atoms with Crippen LogP contribution in [0.15, 0.2) is 29.1 Å². The van der Waals surface area contributed by atoms with Crippen LogP contribution in [0.1, 0.15) is 28.7 Å². The highest BCUT2D eigenvalue weighted by Gasteiger charge is 2.27. The summed E-state index contributed by atoms with van der Waals surface area (Å²) >= 11 is 0. The van der Waals surface area contributed by atoms with Crippen LogP contribution in [-0.4, -0.2) is 37.0 Å². The summed E-state index contributed by atoms with van der Waals surface area (Å²) in [6.45, 7) is 4.69. The number of carboxylic acids is 1. The van der Waals surface area contributed by atoms with Gasteiger partial charge in [-0.2, -0.15) is 10.2 Å². The summed E-state index contributed by atoms with van der Waals surface area (Å²) in [5.41, 5.74) is 1.63. The maximum atomic E-state index is 12.6. The molecule has 0 saturated heterocycles. The summed E-state index contributed by atoms with van der Waals surface area (Å²) in [6.07, 6.45) is 0. The number of rotatable bonds is 5. The molecular formula is C18H19N5O4. The lowest BCUT2D eigenvalue weighted by Crippen LogP contribution is -2.39. The molecule has 2 heterocycles. The van der Waals surface area contributed by atoms with Gasteiger partial charge in [0, 0.05) is 16.6 Å². The normalized spacial score (nSPS) is 12.1. The van der Waals surface area contributed by atoms with Crippen molar-refractivity contribution >= 4 is 22.6 Å². The number of fused-ring (bicyclic) bond motifs is 1. The number of H-pyrrole nitrogens is 1. The van der Waals surface area contributed by atoms with Crippen LogP contribution >= 0.6 is 0 Å². The number of amides is 1. The number of carbonyl (C=O) groups is 2. The molecule has 2 aromatic heterocycles. The van der Waals surface area contributed by atoms with Gasteiger partial charge in [-0.25, -0.2) is 9.48 Å². The average Bonchev–Trinajstić information content (AvgIpc) is 2.95. The summed E-state index contributed by atoms with van der Waals surface area (Å²) < 4.78 is 1.04. The summed E-state index contributed by atoms with van der Waals surface area (Å²) in [4.78, 5) is 36.6. The molecular weight excluding hydrogens is 350 g/mol. The van der Waals surface area contributed by atoms with Crippen molar-refractivity contribution in [3.8, 4) is 0 Å². The molecule has 3 rings (SSSR count). The fraction of sp³-hybridized carbons (Fsp3) is 0.278. The number of carboxylic acid groups (broad SMARTS) is 1. The second kappa shape index (κ2) is 7.02. The van der Waals surface area contributed by atoms with Crippen LogP contribution in [0, 0.1) is 20.8 Å². The van der Waals surface area contributed by atoms with Crippen LogP contribution in [0.3, 0.4) is 0 Å². The molecule has 140 valence electrons. The predicted octanol–water partition coefficient (Wildman–Crippen LogP) is 0.987. The number of hydrogen-bond donors (Lipinski definition) is 3. The molecule has 27 heavy (non-hydrogen) atoms. The van der Waals surface area contributed by atoms with E-state index in [1.807, 2.05) is 0 Å². The lowest BCUT2D eigenvalue weighted by atomic mass is 10.1. The number of aromatic nitrogens is 4. The van der Waals surface area contributed by atoms with E-state index >= 15 is 0 Å². The van der Waals surface area contributed by atoms with E-state index in [0.29, 0.717) is 33.4 Å². The number of benzene rings is 1. The first-order valence-corrected chi connectivity index (χ1v) is 8.29. The fourth-order valence-electron chi connectivity index (χ4n) is 3.10. The maximum absolute atomic E-state index is 12.6. The van der Waals surface area contributed by atoms with Gasteiger partial charge in [0.15, 0.2) is 6.04 Å². The van der Waals surface area contributed by atoms with Crippen LogP contribution in [0.2, 0.25) is 0 Å². The van der Waals surface area contributed by atoms with Gasteiger partial charge in [-0.05, 0) is 26.8 Å². The molecule has 0 radical (unpaired) electrons. The zero-order valence-electron chi connectivity index (χ0n) is 15.1. The smallest absolute Gasteiger partial charge is 0.331 e. The Bertz CT molecular complexity index is 1080. The van der Waals surface area contributed by atoms with E-state index in [9.17, 15) is 19.5 Å². The summed E-state index contributed by atoms with van der Waals surface area (Å²) in [6, 6.07) is 5.72. The second-order valence-electron chi connectivity index (χ2n) is 6.28. The first-order chi connectivity index (χ1) is 12.8. The van der Waals surface area contributed by atoms with Gasteiger partial charge >= 0.3 is 5.97 Å². The molecule has 9 nitrogen and oxygen atoms in total. The third kappa shape index (κ3) is 3.43. The van der Waals surface area contributed by atoms with E-state index < -0.39 is 23.5 Å². The molecule has 9 heteroatoms. The largest absolute Gasteiger partial charge is 0.479 e. The highest BCUT2D eigenvalue weighted by Crippen LogP contribution is 2.20. The number of aliphatic carboxylic acids is 1. The number of nitrogens with zero attached hydrogens (tertiary/aromatic N) is 3. The molecule has 0 bridgehead atoms. The molecule has 0 aliphatic heterocycles. The molecule has 0 spiro atoms. The molecule has 1 unspecified atom stereocenters. The van der Waals surface area contributed by atoms with E-state index in [0.717, 1.165) is 4.68 Å². The Kier molecular flexibility index (Phi) is 4.76. The first-order valence-electron chi connectivity index (χ1n) is 8.29. The molecule has 0 aliphatic carbocycles. The molecule has 1 aromatic carbocycles. The quantitative estimate of drug-likeness (QED) is 0.615. The monoisotopic (exact) mass is 369 g/mol. The summed E-state index contributed by atoms with van der Waals surface area (Å²) in [5, 5.41) is 24.0. The van der Waals surface area contributed by atoms with Gasteiger partial charge in [0.2, 0.25) is 5.91 Å². The minimum Gasteiger partial charge on any atom is -0.479 e. The van der Waals surface area contributed by atoms with Gasteiger partial charge in [0.1, 0.15) is 6.54 Å². The van der Waals surface area contributed by atoms with E-state index in [-0.39, 0.29) is 6.54 Å². The lowest BCUT2D eigenvalue weighted by Gasteiger charge is -2.16. The van der Waals surface area contributed by atoms with Crippen LogP contribution in [-0.2, 0) is 16.1 Å². The topological polar surface area (TPSA) is 130 Å². The number of nitrogens with one attached hydrogen (secondary N) is 2. The van der Waals surface area contributed by atoms with Crippen molar-refractivity contribution in [1.29, 1.82) is 0 Å². The number of aryl methyl sites for hydroxylation is 3. The Morgan fingerprint density at radius 2 is 1.85 bits per heavy atom. The van der Waals surface area contributed by atoms with Crippen molar-refractivity contribution in [3.63, 3.8) is 0 Å². The van der Waals surface area contributed by atoms with Crippen LogP contribution < -0.4 is 10.9 Å². The SMILES string of the molecule is Cc1n[nH]c(C)c1C(NC(=O)Cn1nc(C)c2ccccc2c1=O)C(=O)O. The predicted molar refractivity (Wildman–Crippen MR) is 97.3 cm³/mol. The van der Waals surface area contributed by atoms with E-state index in [1.54, 1.807) is 45.0 Å². The molecule has 1 amide bonds. The van der Waals surface area contributed by atoms with Gasteiger partial charge < -0.3 is 10.4 Å². The van der Waals surface area contributed by atoms with Crippen LogP contribution in [0.5, 0.6) is 0 Å². The zero-order chi connectivity index (χ0) is 19.7. The van der Waals surface area contributed by atoms with Crippen molar-refractivity contribution in [2.45, 2.75) is 33.4 Å². The van der Waals surface area contributed by atoms with Crippen LogP contribution in [0.4, 0.5) is 0 Å². The van der Waals surface area contributed by atoms with Crippen molar-refractivity contribution < 1.29 is 14.7 Å². The minimum absolute atomic E-state index is 0.385. The van der Waals surface area contributed by atoms with E-state index in [4.69, 9.17) is 0 Å². The number of carbonyl (C=O) groups excluding carboxylic acids is 1. The van der Waals surface area contributed by atoms with E-state index in [2.05, 4.69) is 20.6 Å². The van der Waals surface area contributed by atoms with E-state index in [1.165, 1.54) is 0 Å². The molecule has 0 saturated carbocycles. The van der Waals surface area contributed by atoms with Crippen LogP contribution in [0.25, 0.3) is 10.8 Å². The third-order valence-electron chi connectivity index (χ3n) is 4.37. The highest BCUT2D eigenvalue weighted by molar-refractivity contribution is 5.86. The Morgan fingerprint density at radius 1 is 1.19 bits per heavy atom. The second-order valence-corrected chi connectivity index (χ2v) is 6.28. The Morgan fingerprint density at radius 3 is 2.44 bits per heavy atom. The van der Waals surface area contributed by atoms with Gasteiger partial charge in [-0.15, -0.1) is 0 Å². The zero-order valence-corrected chi connectivity index (χ0v) is 15.1. The van der Waals surface area contributed by atoms with Gasteiger partial charge in [-0.3, -0.25) is 14.7 Å². The molecule has 0 aliphatic rings. The molecule has 1 atom stereocenters. The number of hydrogen-bond acceptors (Lipinski definition) is 5. The molecule has 0 fully saturated rings. The summed E-state index contributed by atoms with van der Waals surface area (Å²) in [5.74, 6) is -1.85. The Labute approximate surface area is 154 Å². The van der Waals surface area contributed by atoms with Gasteiger partial charge in [-0.1, -0.05) is 18.2 Å². The summed E-state index contributed by atoms with van der Waals surface area (Å²) in [7, 11) is 0. The van der Waals surface area contributed by atoms with Gasteiger partial charge in [0.25, 0.3) is 5.56 Å². The number of aromatic amines is 1. The van der Waals surface area contributed by atoms with Crippen molar-refractivity contribution in [2.24, 2.45) is 0 Å². The molecule has 3 aromatic rings. The van der Waals surface area contributed by atoms with Crippen molar-refractivity contribution in [3.05, 3.63) is 57.3 Å². The fourth-order valence-corrected chi connectivity index (χ4v) is 3.10. The Balaban J connectivity index is 1.89. The first kappa shape index (κ1) is 18.3. The Hall–Kier alpha value is -3.49. The van der Waals surface area contributed by atoms with Crippen molar-refractivity contribution in [1.82, 2.24) is 25.3 Å².